The van der Waals surface area contributed by atoms with Crippen molar-refractivity contribution in [3.8, 4) is 5.75 Å². The van der Waals surface area contributed by atoms with Crippen molar-refractivity contribution >= 4 is 45.0 Å². The number of fused-ring (bicyclic) bond motifs is 1. The van der Waals surface area contributed by atoms with Crippen molar-refractivity contribution in [3.05, 3.63) is 40.5 Å². The van der Waals surface area contributed by atoms with Gasteiger partial charge in [-0.2, -0.15) is 0 Å². The van der Waals surface area contributed by atoms with Gasteiger partial charge in [-0.25, -0.2) is 14.8 Å². The topological polar surface area (TPSA) is 99.6 Å². The number of carbonyl (C=O) groups excluding carboxylic acids is 2. The third kappa shape index (κ3) is 4.45. The van der Waals surface area contributed by atoms with Crippen LogP contribution in [0.4, 0.5) is 11.5 Å². The van der Waals surface area contributed by atoms with Crippen LogP contribution in [0.3, 0.4) is 0 Å². The summed E-state index contributed by atoms with van der Waals surface area (Å²) < 4.78 is 15.1. The van der Waals surface area contributed by atoms with Crippen molar-refractivity contribution in [1.29, 1.82) is 0 Å². The fourth-order valence-electron chi connectivity index (χ4n) is 2.78. The summed E-state index contributed by atoms with van der Waals surface area (Å²) in [7, 11) is 2.90. The van der Waals surface area contributed by atoms with Gasteiger partial charge in [-0.3, -0.25) is 4.79 Å². The van der Waals surface area contributed by atoms with E-state index in [1.54, 1.807) is 14.0 Å². The molecule has 0 atom stereocenters. The standard InChI is InChI=1S/C20H21N3O5S/c1-5-28-20(25)17-11(2)16-18(21-12-7-6-8-13(9-12)26-3)22-14(10-15(24)27-4)23-19(16)29-17/h6-9H,5,10H2,1-4H3,(H,21,22,23). The molecule has 0 spiro atoms. The first-order valence-corrected chi connectivity index (χ1v) is 9.73. The lowest BCUT2D eigenvalue weighted by atomic mass is 10.2. The largest absolute Gasteiger partial charge is 0.497 e. The van der Waals surface area contributed by atoms with Crippen LogP contribution in [0, 0.1) is 6.92 Å². The summed E-state index contributed by atoms with van der Waals surface area (Å²) >= 11 is 1.21. The minimum atomic E-state index is -0.449. The van der Waals surface area contributed by atoms with Crippen molar-refractivity contribution in [2.24, 2.45) is 0 Å². The molecule has 0 amide bonds. The number of benzene rings is 1. The molecule has 0 unspecified atom stereocenters. The number of esters is 2. The number of hydrogen-bond donors (Lipinski definition) is 1. The molecule has 0 saturated heterocycles. The van der Waals surface area contributed by atoms with Gasteiger partial charge in [0.2, 0.25) is 0 Å². The molecule has 0 radical (unpaired) electrons. The van der Waals surface area contributed by atoms with Gasteiger partial charge in [0.25, 0.3) is 0 Å². The lowest BCUT2D eigenvalue weighted by Crippen LogP contribution is -2.09. The Balaban J connectivity index is 2.12. The molecule has 2 aromatic heterocycles. The van der Waals surface area contributed by atoms with Crippen LogP contribution in [0.5, 0.6) is 5.75 Å². The average molecular weight is 415 g/mol. The van der Waals surface area contributed by atoms with Gasteiger partial charge in [-0.15, -0.1) is 11.3 Å². The summed E-state index contributed by atoms with van der Waals surface area (Å²) in [5.41, 5.74) is 1.47. The number of hydrogen-bond acceptors (Lipinski definition) is 9. The van der Waals surface area contributed by atoms with Crippen LogP contribution in [0.25, 0.3) is 10.2 Å². The number of anilines is 2. The van der Waals surface area contributed by atoms with E-state index in [4.69, 9.17) is 14.2 Å². The highest BCUT2D eigenvalue weighted by Gasteiger charge is 2.22. The minimum absolute atomic E-state index is 0.0785. The number of rotatable bonds is 7. The Labute approximate surface area is 171 Å². The first-order chi connectivity index (χ1) is 14.0. The van der Waals surface area contributed by atoms with Crippen molar-refractivity contribution in [1.82, 2.24) is 9.97 Å². The Bertz CT molecular complexity index is 1060. The highest BCUT2D eigenvalue weighted by atomic mass is 32.1. The summed E-state index contributed by atoms with van der Waals surface area (Å²) in [6.07, 6.45) is -0.0785. The lowest BCUT2D eigenvalue weighted by Gasteiger charge is -2.10. The second-order valence-electron chi connectivity index (χ2n) is 6.06. The number of methoxy groups -OCH3 is 2. The number of nitrogens with one attached hydrogen (secondary N) is 1. The Morgan fingerprint density at radius 1 is 1.21 bits per heavy atom. The molecule has 152 valence electrons. The number of nitrogens with zero attached hydrogens (tertiary/aromatic N) is 2. The van der Waals surface area contributed by atoms with Crippen LogP contribution in [-0.4, -0.2) is 42.7 Å². The fraction of sp³-hybridized carbons (Fsp3) is 0.300. The molecular weight excluding hydrogens is 394 g/mol. The van der Waals surface area contributed by atoms with Crippen molar-refractivity contribution in [3.63, 3.8) is 0 Å². The van der Waals surface area contributed by atoms with E-state index in [0.29, 0.717) is 32.5 Å². The van der Waals surface area contributed by atoms with Crippen LogP contribution in [0.1, 0.15) is 28.0 Å². The molecule has 8 nitrogen and oxygen atoms in total. The molecular formula is C20H21N3O5S. The minimum Gasteiger partial charge on any atom is -0.497 e. The molecule has 0 bridgehead atoms. The molecule has 29 heavy (non-hydrogen) atoms. The molecule has 1 aromatic carbocycles. The maximum Gasteiger partial charge on any atom is 0.348 e. The van der Waals surface area contributed by atoms with E-state index in [-0.39, 0.29) is 13.0 Å². The maximum atomic E-state index is 12.3. The van der Waals surface area contributed by atoms with E-state index in [9.17, 15) is 9.59 Å². The average Bonchev–Trinajstić information content (AvgIpc) is 3.05. The molecule has 0 aliphatic heterocycles. The molecule has 3 aromatic rings. The predicted octanol–water partition coefficient (Wildman–Crippen LogP) is 3.64. The van der Waals surface area contributed by atoms with Gasteiger partial charge < -0.3 is 19.5 Å². The van der Waals surface area contributed by atoms with Crippen molar-refractivity contribution in [2.45, 2.75) is 20.3 Å². The zero-order chi connectivity index (χ0) is 21.0. The van der Waals surface area contributed by atoms with Crippen LogP contribution in [0.15, 0.2) is 24.3 Å². The third-order valence-corrected chi connectivity index (χ3v) is 5.33. The smallest absolute Gasteiger partial charge is 0.348 e. The van der Waals surface area contributed by atoms with Crippen molar-refractivity contribution < 1.29 is 23.8 Å². The molecule has 1 N–H and O–H groups in total. The van der Waals surface area contributed by atoms with Gasteiger partial charge in [-0.1, -0.05) is 6.07 Å². The lowest BCUT2D eigenvalue weighted by molar-refractivity contribution is -0.139. The fourth-order valence-corrected chi connectivity index (χ4v) is 3.88. The van der Waals surface area contributed by atoms with Gasteiger partial charge >= 0.3 is 11.9 Å². The zero-order valence-electron chi connectivity index (χ0n) is 16.6. The summed E-state index contributed by atoms with van der Waals surface area (Å²) in [4.78, 5) is 34.1. The number of carbonyl (C=O) groups is 2. The van der Waals surface area contributed by atoms with Crippen LogP contribution >= 0.6 is 11.3 Å². The SMILES string of the molecule is CCOC(=O)c1sc2nc(CC(=O)OC)nc(Nc3cccc(OC)c3)c2c1C. The molecule has 0 aliphatic rings. The van der Waals surface area contributed by atoms with Gasteiger partial charge in [0, 0.05) is 11.8 Å². The third-order valence-electron chi connectivity index (χ3n) is 4.16. The van der Waals surface area contributed by atoms with E-state index >= 15 is 0 Å². The summed E-state index contributed by atoms with van der Waals surface area (Å²) in [6.45, 7) is 3.86. The second kappa shape index (κ2) is 8.87. The number of aromatic nitrogens is 2. The Kier molecular flexibility index (Phi) is 6.28. The predicted molar refractivity (Wildman–Crippen MR) is 110 cm³/mol. The Morgan fingerprint density at radius 2 is 2.00 bits per heavy atom. The molecule has 0 aliphatic carbocycles. The number of aryl methyl sites for hydroxylation is 1. The number of thiophene rings is 1. The van der Waals surface area contributed by atoms with E-state index in [1.165, 1.54) is 18.4 Å². The maximum absolute atomic E-state index is 12.3. The van der Waals surface area contributed by atoms with E-state index < -0.39 is 11.9 Å². The first-order valence-electron chi connectivity index (χ1n) is 8.91. The Hall–Kier alpha value is -3.20. The van der Waals surface area contributed by atoms with Gasteiger partial charge in [0.1, 0.15) is 33.5 Å². The van der Waals surface area contributed by atoms with E-state index in [0.717, 1.165) is 11.3 Å². The molecule has 3 rings (SSSR count). The summed E-state index contributed by atoms with van der Waals surface area (Å²) in [6, 6.07) is 7.36. The number of ether oxygens (including phenoxy) is 3. The normalized spacial score (nSPS) is 10.6. The molecule has 2 heterocycles. The van der Waals surface area contributed by atoms with Gasteiger partial charge in [0.15, 0.2) is 0 Å². The van der Waals surface area contributed by atoms with Gasteiger partial charge in [-0.05, 0) is 31.5 Å². The van der Waals surface area contributed by atoms with Crippen molar-refractivity contribution in [2.75, 3.05) is 26.1 Å². The summed E-state index contributed by atoms with van der Waals surface area (Å²) in [5, 5.41) is 3.95. The highest BCUT2D eigenvalue weighted by molar-refractivity contribution is 7.20. The van der Waals surface area contributed by atoms with E-state index in [1.807, 2.05) is 31.2 Å². The molecule has 9 heteroatoms. The summed E-state index contributed by atoms with van der Waals surface area (Å²) in [5.74, 6) is 0.618. The second-order valence-corrected chi connectivity index (χ2v) is 7.05. The van der Waals surface area contributed by atoms with Crippen LogP contribution in [0.2, 0.25) is 0 Å². The first kappa shape index (κ1) is 20.5. The molecule has 0 saturated carbocycles. The van der Waals surface area contributed by atoms with Crippen LogP contribution < -0.4 is 10.1 Å². The van der Waals surface area contributed by atoms with E-state index in [2.05, 4.69) is 15.3 Å². The zero-order valence-corrected chi connectivity index (χ0v) is 17.4. The monoisotopic (exact) mass is 415 g/mol. The Morgan fingerprint density at radius 3 is 2.69 bits per heavy atom. The highest BCUT2D eigenvalue weighted by Crippen LogP contribution is 2.36. The van der Waals surface area contributed by atoms with Gasteiger partial charge in [0.05, 0.1) is 26.2 Å². The molecule has 0 fully saturated rings. The van der Waals surface area contributed by atoms with Crippen LogP contribution in [-0.2, 0) is 20.7 Å². The quantitative estimate of drug-likeness (QED) is 0.584.